The first-order chi connectivity index (χ1) is 11.9. The minimum atomic E-state index is -1.01. The molecular weight excluding hydrogens is 328 g/mol. The van der Waals surface area contributed by atoms with E-state index < -0.39 is 17.5 Å². The SMILES string of the molecule is C=C1[C@@H](O)[C@@](C)(/C=C/C(=O)O)[C@H]2C(C)=C[C@@]3(C)[C@H](/C(C)=C\C)O[C@@H]1[C@@]23C. The van der Waals surface area contributed by atoms with Crippen molar-refractivity contribution in [3.05, 3.63) is 47.6 Å². The lowest BCUT2D eigenvalue weighted by Crippen LogP contribution is -2.58. The Labute approximate surface area is 155 Å². The normalized spacial score (nSPS) is 48.0. The number of rotatable bonds is 3. The summed E-state index contributed by atoms with van der Waals surface area (Å²) in [6.45, 7) is 16.7. The first-order valence-electron chi connectivity index (χ1n) is 9.21. The van der Waals surface area contributed by atoms with Gasteiger partial charge in [-0.05, 0) is 31.9 Å². The Morgan fingerprint density at radius 2 is 1.96 bits per heavy atom. The summed E-state index contributed by atoms with van der Waals surface area (Å²) in [5, 5.41) is 20.3. The van der Waals surface area contributed by atoms with Crippen molar-refractivity contribution in [2.75, 3.05) is 0 Å². The summed E-state index contributed by atoms with van der Waals surface area (Å²) in [6, 6.07) is 0. The highest BCUT2D eigenvalue weighted by atomic mass is 16.5. The van der Waals surface area contributed by atoms with Gasteiger partial charge in [0, 0.05) is 28.2 Å². The van der Waals surface area contributed by atoms with Crippen LogP contribution in [-0.4, -0.2) is 34.5 Å². The van der Waals surface area contributed by atoms with Gasteiger partial charge in [-0.15, -0.1) is 0 Å². The number of carboxylic acid groups (broad SMARTS) is 1. The van der Waals surface area contributed by atoms with E-state index in [2.05, 4.69) is 46.4 Å². The van der Waals surface area contributed by atoms with Gasteiger partial charge in [0.25, 0.3) is 0 Å². The van der Waals surface area contributed by atoms with Crippen molar-refractivity contribution >= 4 is 5.97 Å². The Morgan fingerprint density at radius 3 is 2.50 bits per heavy atom. The second-order valence-corrected chi connectivity index (χ2v) is 8.83. The highest BCUT2D eigenvalue weighted by Gasteiger charge is 2.73. The van der Waals surface area contributed by atoms with E-state index in [1.54, 1.807) is 6.08 Å². The highest BCUT2D eigenvalue weighted by Crippen LogP contribution is 2.72. The van der Waals surface area contributed by atoms with E-state index in [-0.39, 0.29) is 29.0 Å². The molecule has 7 atom stereocenters. The summed E-state index contributed by atoms with van der Waals surface area (Å²) in [5.41, 5.74) is 1.69. The fourth-order valence-electron chi connectivity index (χ4n) is 6.19. The largest absolute Gasteiger partial charge is 0.478 e. The molecule has 2 fully saturated rings. The third kappa shape index (κ3) is 2.06. The predicted molar refractivity (Wildman–Crippen MR) is 102 cm³/mol. The van der Waals surface area contributed by atoms with E-state index in [0.717, 1.165) is 11.6 Å². The van der Waals surface area contributed by atoms with Crippen LogP contribution in [0, 0.1) is 22.2 Å². The molecule has 4 nitrogen and oxygen atoms in total. The van der Waals surface area contributed by atoms with Crippen LogP contribution in [-0.2, 0) is 9.53 Å². The average Bonchev–Trinajstić information content (AvgIpc) is 2.91. The maximum atomic E-state index is 11.2. The molecular formula is C22H30O4. The van der Waals surface area contributed by atoms with E-state index in [9.17, 15) is 9.90 Å². The van der Waals surface area contributed by atoms with Crippen molar-refractivity contribution in [1.29, 1.82) is 0 Å². The second kappa shape index (κ2) is 5.67. The topological polar surface area (TPSA) is 66.8 Å². The van der Waals surface area contributed by atoms with Crippen LogP contribution in [0.15, 0.2) is 47.6 Å². The van der Waals surface area contributed by atoms with Gasteiger partial charge in [-0.3, -0.25) is 0 Å². The van der Waals surface area contributed by atoms with Crippen LogP contribution >= 0.6 is 0 Å². The van der Waals surface area contributed by atoms with Gasteiger partial charge in [0.15, 0.2) is 0 Å². The maximum Gasteiger partial charge on any atom is 0.327 e. The number of carbonyl (C=O) groups is 1. The number of aliphatic hydroxyl groups excluding tert-OH is 1. The van der Waals surface area contributed by atoms with E-state index >= 15 is 0 Å². The summed E-state index contributed by atoms with van der Waals surface area (Å²) >= 11 is 0. The van der Waals surface area contributed by atoms with Crippen LogP contribution in [0.2, 0.25) is 0 Å². The Bertz CT molecular complexity index is 760. The molecule has 1 heterocycles. The first kappa shape index (κ1) is 19.1. The number of hydrogen-bond donors (Lipinski definition) is 2. The molecule has 3 rings (SSSR count). The summed E-state index contributed by atoms with van der Waals surface area (Å²) in [5.74, 6) is -1.04. The zero-order chi connectivity index (χ0) is 19.7. The van der Waals surface area contributed by atoms with Crippen molar-refractivity contribution in [2.45, 2.75) is 59.9 Å². The molecule has 26 heavy (non-hydrogen) atoms. The van der Waals surface area contributed by atoms with Crippen LogP contribution in [0.5, 0.6) is 0 Å². The Kier molecular flexibility index (Phi) is 4.17. The van der Waals surface area contributed by atoms with Crippen LogP contribution < -0.4 is 0 Å². The number of aliphatic carboxylic acids is 1. The first-order valence-corrected chi connectivity index (χ1v) is 9.21. The van der Waals surface area contributed by atoms with Gasteiger partial charge in [-0.25, -0.2) is 4.79 Å². The van der Waals surface area contributed by atoms with Gasteiger partial charge in [-0.2, -0.15) is 0 Å². The molecule has 2 aliphatic carbocycles. The molecule has 0 aromatic heterocycles. The van der Waals surface area contributed by atoms with Gasteiger partial charge < -0.3 is 14.9 Å². The smallest absolute Gasteiger partial charge is 0.327 e. The lowest BCUT2D eigenvalue weighted by atomic mass is 9.47. The third-order valence-corrected chi connectivity index (χ3v) is 7.46. The van der Waals surface area contributed by atoms with Crippen LogP contribution in [0.1, 0.15) is 41.5 Å². The molecule has 1 saturated heterocycles. The molecule has 1 aliphatic heterocycles. The second-order valence-electron chi connectivity index (χ2n) is 8.83. The summed E-state index contributed by atoms with van der Waals surface area (Å²) in [4.78, 5) is 11.2. The van der Waals surface area contributed by atoms with E-state index in [1.807, 2.05) is 13.8 Å². The lowest BCUT2D eigenvalue weighted by molar-refractivity contribution is -0.131. The fraction of sp³-hybridized carbons (Fsp3) is 0.591. The van der Waals surface area contributed by atoms with Crippen LogP contribution in [0.4, 0.5) is 0 Å². The van der Waals surface area contributed by atoms with E-state index in [0.29, 0.717) is 5.57 Å². The minimum absolute atomic E-state index is 0.0317. The summed E-state index contributed by atoms with van der Waals surface area (Å²) < 4.78 is 6.50. The van der Waals surface area contributed by atoms with Gasteiger partial charge >= 0.3 is 5.97 Å². The minimum Gasteiger partial charge on any atom is -0.478 e. The zero-order valence-electron chi connectivity index (χ0n) is 16.5. The summed E-state index contributed by atoms with van der Waals surface area (Å²) in [7, 11) is 0. The Morgan fingerprint density at radius 1 is 1.35 bits per heavy atom. The van der Waals surface area contributed by atoms with E-state index in [1.165, 1.54) is 5.57 Å². The molecule has 0 aromatic carbocycles. The quantitative estimate of drug-likeness (QED) is 0.593. The molecule has 0 bridgehead atoms. The Balaban J connectivity index is 2.23. The number of ether oxygens (including phenoxy) is 1. The van der Waals surface area contributed by atoms with Crippen molar-refractivity contribution in [2.24, 2.45) is 22.2 Å². The van der Waals surface area contributed by atoms with Crippen molar-refractivity contribution in [3.63, 3.8) is 0 Å². The maximum absolute atomic E-state index is 11.2. The standard InChI is InChI=1S/C22H30O4/c1-8-12(2)18-21(6)11-13(3)16-20(5,10-9-15(23)24)17(25)14(4)19(26-18)22(16,21)7/h8-11,16-19,25H,4H2,1-3,5-7H3,(H,23,24)/b10-9+,12-8-/t16-,17-,18+,19+,20+,21+,22-/m1/s1. The molecule has 0 aromatic rings. The van der Waals surface area contributed by atoms with Gasteiger partial charge in [0.1, 0.15) is 0 Å². The van der Waals surface area contributed by atoms with Crippen molar-refractivity contribution in [3.8, 4) is 0 Å². The molecule has 0 amide bonds. The van der Waals surface area contributed by atoms with Crippen molar-refractivity contribution < 1.29 is 19.7 Å². The predicted octanol–water partition coefficient (Wildman–Crippen LogP) is 3.89. The molecule has 0 unspecified atom stereocenters. The molecule has 4 heteroatoms. The summed E-state index contributed by atoms with van der Waals surface area (Å²) in [6.07, 6.45) is 5.94. The molecule has 142 valence electrons. The number of hydrogen-bond acceptors (Lipinski definition) is 3. The molecule has 2 N–H and O–H groups in total. The van der Waals surface area contributed by atoms with Crippen LogP contribution in [0.3, 0.4) is 0 Å². The monoisotopic (exact) mass is 358 g/mol. The van der Waals surface area contributed by atoms with Gasteiger partial charge in [0.2, 0.25) is 0 Å². The number of aliphatic hydroxyl groups is 1. The van der Waals surface area contributed by atoms with Gasteiger partial charge in [0.05, 0.1) is 18.3 Å². The molecule has 0 spiro atoms. The number of allylic oxidation sites excluding steroid dienone is 2. The fourth-order valence-corrected chi connectivity index (χ4v) is 6.19. The highest BCUT2D eigenvalue weighted by molar-refractivity contribution is 5.80. The van der Waals surface area contributed by atoms with Crippen molar-refractivity contribution in [1.82, 2.24) is 0 Å². The average molecular weight is 358 g/mol. The molecule has 0 radical (unpaired) electrons. The molecule has 1 saturated carbocycles. The number of carboxylic acids is 1. The lowest BCUT2D eigenvalue weighted by Gasteiger charge is -2.56. The third-order valence-electron chi connectivity index (χ3n) is 7.46. The van der Waals surface area contributed by atoms with E-state index in [4.69, 9.17) is 9.84 Å². The zero-order valence-corrected chi connectivity index (χ0v) is 16.5. The van der Waals surface area contributed by atoms with Gasteiger partial charge in [-0.1, -0.05) is 51.2 Å². The van der Waals surface area contributed by atoms with Crippen LogP contribution in [0.25, 0.3) is 0 Å². The molecule has 3 aliphatic rings. The Hall–Kier alpha value is -1.65.